The standard InChI is InChI=1S/C8H10FN3O5/c9-5-4(3-13)17-7(6(5)14)11-2-1-10-8(11)12(15)16/h1-2,4-7,13-14H,3H2/t4?,5-,6+,7-/m1/s1. The van der Waals surface area contributed by atoms with Crippen LogP contribution in [0.5, 0.6) is 0 Å². The Balaban J connectivity index is 2.29. The molecule has 1 fully saturated rings. The molecule has 1 unspecified atom stereocenters. The smallest absolute Gasteiger partial charge is 0.394 e. The summed E-state index contributed by atoms with van der Waals surface area (Å²) in [5.41, 5.74) is 0. The highest BCUT2D eigenvalue weighted by molar-refractivity contribution is 5.09. The molecule has 0 saturated carbocycles. The predicted octanol–water partition coefficient (Wildman–Crippen LogP) is -0.620. The molecule has 4 atom stereocenters. The first kappa shape index (κ1) is 11.9. The van der Waals surface area contributed by atoms with Gasteiger partial charge in [0, 0.05) is 0 Å². The summed E-state index contributed by atoms with van der Waals surface area (Å²) < 4.78 is 19.4. The highest BCUT2D eigenvalue weighted by Gasteiger charge is 2.47. The van der Waals surface area contributed by atoms with Gasteiger partial charge in [-0.2, -0.15) is 4.57 Å². The lowest BCUT2D eigenvalue weighted by Gasteiger charge is -2.12. The van der Waals surface area contributed by atoms with Gasteiger partial charge in [-0.1, -0.05) is 4.98 Å². The monoisotopic (exact) mass is 247 g/mol. The van der Waals surface area contributed by atoms with Gasteiger partial charge in [0.25, 0.3) is 0 Å². The van der Waals surface area contributed by atoms with Crippen LogP contribution < -0.4 is 0 Å². The quantitative estimate of drug-likeness (QED) is 0.544. The fourth-order valence-corrected chi connectivity index (χ4v) is 1.73. The van der Waals surface area contributed by atoms with E-state index >= 15 is 0 Å². The van der Waals surface area contributed by atoms with E-state index in [1.165, 1.54) is 6.20 Å². The molecule has 17 heavy (non-hydrogen) atoms. The number of imidazole rings is 1. The van der Waals surface area contributed by atoms with Gasteiger partial charge in [-0.25, -0.2) is 4.39 Å². The molecule has 0 radical (unpaired) electrons. The van der Waals surface area contributed by atoms with Crippen molar-refractivity contribution in [2.75, 3.05) is 6.61 Å². The van der Waals surface area contributed by atoms with Gasteiger partial charge in [-0.15, -0.1) is 0 Å². The Morgan fingerprint density at radius 1 is 1.71 bits per heavy atom. The van der Waals surface area contributed by atoms with Crippen LogP contribution in [0.15, 0.2) is 12.4 Å². The molecule has 0 spiro atoms. The van der Waals surface area contributed by atoms with Gasteiger partial charge in [-0.3, -0.25) is 0 Å². The summed E-state index contributed by atoms with van der Waals surface area (Å²) in [6.45, 7) is -0.614. The SMILES string of the molecule is O=[N+]([O-])c1nccn1[C@@H]1OC(CO)[C@@H](F)[C@@H]1O. The molecule has 8 nitrogen and oxygen atoms in total. The van der Waals surface area contributed by atoms with E-state index in [4.69, 9.17) is 9.84 Å². The van der Waals surface area contributed by atoms with Crippen molar-refractivity contribution in [3.05, 3.63) is 22.5 Å². The van der Waals surface area contributed by atoms with Crippen molar-refractivity contribution in [2.24, 2.45) is 0 Å². The highest BCUT2D eigenvalue weighted by Crippen LogP contribution is 2.33. The second-order valence-corrected chi connectivity index (χ2v) is 3.57. The van der Waals surface area contributed by atoms with E-state index in [1.807, 2.05) is 0 Å². The zero-order valence-corrected chi connectivity index (χ0v) is 8.51. The van der Waals surface area contributed by atoms with Crippen molar-refractivity contribution < 1.29 is 24.3 Å². The number of aliphatic hydroxyl groups excluding tert-OH is 2. The summed E-state index contributed by atoms with van der Waals surface area (Å²) in [5, 5.41) is 29.0. The molecular formula is C8H10FN3O5. The Morgan fingerprint density at radius 2 is 2.41 bits per heavy atom. The van der Waals surface area contributed by atoms with E-state index in [0.717, 1.165) is 10.8 Å². The Morgan fingerprint density at radius 3 is 2.94 bits per heavy atom. The molecule has 1 aromatic heterocycles. The lowest BCUT2D eigenvalue weighted by atomic mass is 10.1. The van der Waals surface area contributed by atoms with E-state index in [2.05, 4.69) is 4.98 Å². The molecule has 1 aliphatic heterocycles. The van der Waals surface area contributed by atoms with Crippen LogP contribution in [0.2, 0.25) is 0 Å². The fourth-order valence-electron chi connectivity index (χ4n) is 1.73. The van der Waals surface area contributed by atoms with Gasteiger partial charge in [0.05, 0.1) is 6.61 Å². The highest BCUT2D eigenvalue weighted by atomic mass is 19.1. The van der Waals surface area contributed by atoms with Crippen LogP contribution in [-0.4, -0.2) is 49.7 Å². The van der Waals surface area contributed by atoms with Crippen molar-refractivity contribution in [3.8, 4) is 0 Å². The molecule has 2 N–H and O–H groups in total. The maximum Gasteiger partial charge on any atom is 0.436 e. The molecule has 2 heterocycles. The maximum absolute atomic E-state index is 13.4. The average molecular weight is 247 g/mol. The molecule has 0 aromatic carbocycles. The van der Waals surface area contributed by atoms with Crippen molar-refractivity contribution in [2.45, 2.75) is 24.6 Å². The molecule has 1 aliphatic rings. The molecular weight excluding hydrogens is 237 g/mol. The Hall–Kier alpha value is -1.58. The van der Waals surface area contributed by atoms with E-state index in [9.17, 15) is 19.6 Å². The Bertz CT molecular complexity index is 425. The van der Waals surface area contributed by atoms with Gasteiger partial charge in [0.1, 0.15) is 24.6 Å². The molecule has 9 heteroatoms. The lowest BCUT2D eigenvalue weighted by Crippen LogP contribution is -2.29. The van der Waals surface area contributed by atoms with Crippen molar-refractivity contribution >= 4 is 5.95 Å². The fraction of sp³-hybridized carbons (Fsp3) is 0.625. The zero-order valence-electron chi connectivity index (χ0n) is 8.51. The van der Waals surface area contributed by atoms with Gasteiger partial charge >= 0.3 is 5.95 Å². The first-order valence-electron chi connectivity index (χ1n) is 4.82. The van der Waals surface area contributed by atoms with Crippen molar-refractivity contribution in [3.63, 3.8) is 0 Å². The minimum Gasteiger partial charge on any atom is -0.394 e. The van der Waals surface area contributed by atoms with E-state index in [-0.39, 0.29) is 0 Å². The zero-order chi connectivity index (χ0) is 12.6. The van der Waals surface area contributed by atoms with Crippen LogP contribution in [-0.2, 0) is 4.74 Å². The van der Waals surface area contributed by atoms with Crippen LogP contribution in [0.4, 0.5) is 10.3 Å². The summed E-state index contributed by atoms with van der Waals surface area (Å²) in [6, 6.07) is 0. The van der Waals surface area contributed by atoms with Crippen LogP contribution in [0.1, 0.15) is 6.23 Å². The second-order valence-electron chi connectivity index (χ2n) is 3.57. The number of hydrogen-bond acceptors (Lipinski definition) is 6. The van der Waals surface area contributed by atoms with Crippen LogP contribution in [0.25, 0.3) is 0 Å². The third-order valence-corrected chi connectivity index (χ3v) is 2.55. The summed E-state index contributed by atoms with van der Waals surface area (Å²) in [5.74, 6) is -0.556. The molecule has 0 bridgehead atoms. The number of nitro groups is 1. The number of nitrogens with zero attached hydrogens (tertiary/aromatic N) is 3. The Kier molecular flexibility index (Phi) is 3.05. The van der Waals surface area contributed by atoms with Crippen LogP contribution in [0, 0.1) is 10.1 Å². The number of aromatic nitrogens is 2. The number of rotatable bonds is 3. The predicted molar refractivity (Wildman–Crippen MR) is 50.8 cm³/mol. The molecule has 0 amide bonds. The molecule has 0 aliphatic carbocycles. The van der Waals surface area contributed by atoms with E-state index < -0.39 is 42.1 Å². The number of hydrogen-bond donors (Lipinski definition) is 2. The van der Waals surface area contributed by atoms with Crippen molar-refractivity contribution in [1.82, 2.24) is 9.55 Å². The third-order valence-electron chi connectivity index (χ3n) is 2.55. The summed E-state index contributed by atoms with van der Waals surface area (Å²) >= 11 is 0. The largest absolute Gasteiger partial charge is 0.436 e. The molecule has 2 rings (SSSR count). The minimum absolute atomic E-state index is 0.556. The van der Waals surface area contributed by atoms with Crippen molar-refractivity contribution in [1.29, 1.82) is 0 Å². The second kappa shape index (κ2) is 4.35. The molecule has 1 aromatic rings. The topological polar surface area (TPSA) is 111 Å². The summed E-state index contributed by atoms with van der Waals surface area (Å²) in [7, 11) is 0. The van der Waals surface area contributed by atoms with E-state index in [0.29, 0.717) is 0 Å². The van der Waals surface area contributed by atoms with Gasteiger partial charge < -0.3 is 25.1 Å². The number of aliphatic hydroxyl groups is 2. The normalized spacial score (nSPS) is 32.9. The minimum atomic E-state index is -1.80. The average Bonchev–Trinajstić information content (AvgIpc) is 2.86. The van der Waals surface area contributed by atoms with Crippen LogP contribution in [0.3, 0.4) is 0 Å². The van der Waals surface area contributed by atoms with Crippen LogP contribution >= 0.6 is 0 Å². The summed E-state index contributed by atoms with van der Waals surface area (Å²) in [4.78, 5) is 13.3. The summed E-state index contributed by atoms with van der Waals surface area (Å²) in [6.07, 6.45) is -3.49. The Labute approximate surface area is 94.4 Å². The lowest BCUT2D eigenvalue weighted by molar-refractivity contribution is -0.398. The first-order chi connectivity index (χ1) is 8.06. The number of alkyl halides is 1. The third kappa shape index (κ3) is 1.88. The molecule has 1 saturated heterocycles. The van der Waals surface area contributed by atoms with E-state index in [1.54, 1.807) is 0 Å². The van der Waals surface area contributed by atoms with Gasteiger partial charge in [0.2, 0.25) is 6.23 Å². The maximum atomic E-state index is 13.4. The number of halogens is 1. The molecule has 94 valence electrons. The first-order valence-corrected chi connectivity index (χ1v) is 4.82. The number of ether oxygens (including phenoxy) is 1. The van der Waals surface area contributed by atoms with Gasteiger partial charge in [0.15, 0.2) is 6.17 Å². The van der Waals surface area contributed by atoms with Gasteiger partial charge in [-0.05, 0) is 4.92 Å².